The minimum Gasteiger partial charge on any atom is -0.396 e. The van der Waals surface area contributed by atoms with E-state index in [9.17, 15) is 9.18 Å². The molecule has 21 heavy (non-hydrogen) atoms. The van der Waals surface area contributed by atoms with Crippen LogP contribution in [0.3, 0.4) is 0 Å². The maximum absolute atomic E-state index is 13.2. The second-order valence-corrected chi connectivity index (χ2v) is 6.66. The zero-order valence-electron chi connectivity index (χ0n) is 13.3. The van der Waals surface area contributed by atoms with E-state index in [1.807, 2.05) is 33.8 Å². The highest BCUT2D eigenvalue weighted by molar-refractivity contribution is 5.77. The number of carbonyl (C=O) groups is 1. The molecule has 1 aromatic rings. The van der Waals surface area contributed by atoms with Crippen molar-refractivity contribution in [3.63, 3.8) is 0 Å². The Morgan fingerprint density at radius 3 is 2.57 bits per heavy atom. The number of aliphatic hydroxyl groups is 1. The summed E-state index contributed by atoms with van der Waals surface area (Å²) in [5, 5.41) is 12.1. The van der Waals surface area contributed by atoms with Crippen molar-refractivity contribution in [3.8, 4) is 0 Å². The van der Waals surface area contributed by atoms with Crippen LogP contribution in [0.25, 0.3) is 0 Å². The van der Waals surface area contributed by atoms with E-state index in [-0.39, 0.29) is 35.7 Å². The van der Waals surface area contributed by atoms with E-state index in [1.54, 1.807) is 6.07 Å². The van der Waals surface area contributed by atoms with Crippen molar-refractivity contribution in [3.05, 3.63) is 35.6 Å². The Hall–Kier alpha value is -1.42. The number of nitrogens with one attached hydrogen (secondary N) is 1. The van der Waals surface area contributed by atoms with E-state index in [2.05, 4.69) is 5.32 Å². The van der Waals surface area contributed by atoms with Gasteiger partial charge in [-0.05, 0) is 35.4 Å². The van der Waals surface area contributed by atoms with Crippen LogP contribution in [0.5, 0.6) is 0 Å². The first-order valence-electron chi connectivity index (χ1n) is 7.39. The number of carbonyl (C=O) groups excluding carboxylic acids is 1. The molecular weight excluding hydrogens is 269 g/mol. The molecule has 0 aromatic heterocycles. The molecule has 2 unspecified atom stereocenters. The first kappa shape index (κ1) is 17.6. The molecule has 0 spiro atoms. The van der Waals surface area contributed by atoms with Crippen LogP contribution < -0.4 is 5.32 Å². The lowest BCUT2D eigenvalue weighted by Gasteiger charge is -2.31. The first-order valence-corrected chi connectivity index (χ1v) is 7.39. The van der Waals surface area contributed by atoms with Crippen molar-refractivity contribution in [2.45, 2.75) is 52.5 Å². The maximum atomic E-state index is 13.2. The monoisotopic (exact) mass is 295 g/mol. The van der Waals surface area contributed by atoms with Crippen LogP contribution in [-0.2, 0) is 4.79 Å². The van der Waals surface area contributed by atoms with Gasteiger partial charge < -0.3 is 10.4 Å². The molecule has 3 nitrogen and oxygen atoms in total. The van der Waals surface area contributed by atoms with Gasteiger partial charge in [0, 0.05) is 19.1 Å². The number of rotatable bonds is 6. The van der Waals surface area contributed by atoms with Gasteiger partial charge in [0.25, 0.3) is 0 Å². The van der Waals surface area contributed by atoms with E-state index in [0.717, 1.165) is 5.56 Å². The molecule has 0 aliphatic rings. The average Bonchev–Trinajstić information content (AvgIpc) is 2.37. The first-order chi connectivity index (χ1) is 9.74. The fourth-order valence-electron chi connectivity index (χ4n) is 2.31. The molecule has 0 aliphatic heterocycles. The molecule has 0 aliphatic carbocycles. The maximum Gasteiger partial charge on any atom is 0.220 e. The molecule has 0 fully saturated rings. The summed E-state index contributed by atoms with van der Waals surface area (Å²) in [6.07, 6.45) is 0.838. The predicted octanol–water partition coefficient (Wildman–Crippen LogP) is 3.23. The molecule has 0 bridgehead atoms. The van der Waals surface area contributed by atoms with Crippen molar-refractivity contribution in [2.75, 3.05) is 6.61 Å². The van der Waals surface area contributed by atoms with Gasteiger partial charge in [-0.3, -0.25) is 4.79 Å². The second kappa shape index (κ2) is 7.55. The van der Waals surface area contributed by atoms with Gasteiger partial charge in [0.15, 0.2) is 0 Å². The Kier molecular flexibility index (Phi) is 6.34. The zero-order valence-corrected chi connectivity index (χ0v) is 13.3. The molecule has 2 N–H and O–H groups in total. The second-order valence-electron chi connectivity index (χ2n) is 6.66. The molecule has 1 aromatic carbocycles. The number of hydrogen-bond donors (Lipinski definition) is 2. The lowest BCUT2D eigenvalue weighted by molar-refractivity contribution is -0.123. The fraction of sp³-hybridized carbons (Fsp3) is 0.588. The van der Waals surface area contributed by atoms with E-state index < -0.39 is 0 Å². The number of hydrogen-bond acceptors (Lipinski definition) is 2. The molecule has 0 saturated carbocycles. The van der Waals surface area contributed by atoms with Crippen LogP contribution in [0.15, 0.2) is 24.3 Å². The van der Waals surface area contributed by atoms with Gasteiger partial charge >= 0.3 is 0 Å². The predicted molar refractivity (Wildman–Crippen MR) is 82.5 cm³/mol. The molecule has 0 radical (unpaired) electrons. The Bertz CT molecular complexity index is 468. The highest BCUT2D eigenvalue weighted by atomic mass is 19.1. The smallest absolute Gasteiger partial charge is 0.220 e. The molecular formula is C17H26FNO2. The molecule has 2 atom stereocenters. The van der Waals surface area contributed by atoms with Crippen molar-refractivity contribution in [1.29, 1.82) is 0 Å². The highest BCUT2D eigenvalue weighted by Crippen LogP contribution is 2.23. The fourth-order valence-corrected chi connectivity index (χ4v) is 2.31. The summed E-state index contributed by atoms with van der Waals surface area (Å²) in [4.78, 5) is 12.2. The summed E-state index contributed by atoms with van der Waals surface area (Å²) in [7, 11) is 0. The Morgan fingerprint density at radius 1 is 1.38 bits per heavy atom. The van der Waals surface area contributed by atoms with Gasteiger partial charge in [-0.15, -0.1) is 0 Å². The Balaban J connectivity index is 2.63. The SMILES string of the molecule is CC(CC(=O)NC(CCO)C(C)(C)C)c1cccc(F)c1. The molecule has 1 rings (SSSR count). The number of benzene rings is 1. The molecule has 0 saturated heterocycles. The van der Waals surface area contributed by atoms with Crippen LogP contribution >= 0.6 is 0 Å². The van der Waals surface area contributed by atoms with Gasteiger partial charge in [0.1, 0.15) is 5.82 Å². The minimum absolute atomic E-state index is 0.0433. The normalized spacial score (nSPS) is 14.6. The van der Waals surface area contributed by atoms with Gasteiger partial charge in [-0.1, -0.05) is 39.8 Å². The van der Waals surface area contributed by atoms with Crippen molar-refractivity contribution >= 4 is 5.91 Å². The molecule has 118 valence electrons. The summed E-state index contributed by atoms with van der Waals surface area (Å²) in [6.45, 7) is 8.05. The Morgan fingerprint density at radius 2 is 2.05 bits per heavy atom. The zero-order chi connectivity index (χ0) is 16.0. The van der Waals surface area contributed by atoms with Crippen molar-refractivity contribution in [1.82, 2.24) is 5.32 Å². The Labute approximate surface area is 126 Å². The third-order valence-corrected chi connectivity index (χ3v) is 3.71. The van der Waals surface area contributed by atoms with Crippen LogP contribution in [0.1, 0.15) is 52.0 Å². The number of aliphatic hydroxyl groups excluding tert-OH is 1. The lowest BCUT2D eigenvalue weighted by Crippen LogP contribution is -2.44. The topological polar surface area (TPSA) is 49.3 Å². The van der Waals surface area contributed by atoms with Crippen LogP contribution in [0.4, 0.5) is 4.39 Å². The van der Waals surface area contributed by atoms with Gasteiger partial charge in [-0.25, -0.2) is 4.39 Å². The third kappa shape index (κ3) is 5.84. The summed E-state index contributed by atoms with van der Waals surface area (Å²) in [5.41, 5.74) is 0.708. The van der Waals surface area contributed by atoms with Crippen molar-refractivity contribution in [2.24, 2.45) is 5.41 Å². The van der Waals surface area contributed by atoms with E-state index in [1.165, 1.54) is 12.1 Å². The van der Waals surface area contributed by atoms with E-state index in [4.69, 9.17) is 5.11 Å². The summed E-state index contributed by atoms with van der Waals surface area (Å²) >= 11 is 0. The molecule has 0 heterocycles. The summed E-state index contributed by atoms with van der Waals surface area (Å²) in [5.74, 6) is -0.400. The molecule has 1 amide bonds. The lowest BCUT2D eigenvalue weighted by atomic mass is 9.84. The van der Waals surface area contributed by atoms with Gasteiger partial charge in [0.2, 0.25) is 5.91 Å². The number of amides is 1. The van der Waals surface area contributed by atoms with Crippen LogP contribution in [0, 0.1) is 11.2 Å². The van der Waals surface area contributed by atoms with Gasteiger partial charge in [-0.2, -0.15) is 0 Å². The third-order valence-electron chi connectivity index (χ3n) is 3.71. The highest BCUT2D eigenvalue weighted by Gasteiger charge is 2.26. The minimum atomic E-state index is -0.285. The quantitative estimate of drug-likeness (QED) is 0.846. The summed E-state index contributed by atoms with van der Waals surface area (Å²) in [6, 6.07) is 6.27. The molecule has 4 heteroatoms. The van der Waals surface area contributed by atoms with E-state index in [0.29, 0.717) is 12.8 Å². The average molecular weight is 295 g/mol. The van der Waals surface area contributed by atoms with Crippen LogP contribution in [-0.4, -0.2) is 23.7 Å². The van der Waals surface area contributed by atoms with Crippen LogP contribution in [0.2, 0.25) is 0 Å². The number of halogens is 1. The standard InChI is InChI=1S/C17H26FNO2/c1-12(13-6-5-7-14(18)11-13)10-16(21)19-15(8-9-20)17(2,3)4/h5-7,11-12,15,20H,8-10H2,1-4H3,(H,19,21). The summed E-state index contributed by atoms with van der Waals surface area (Å²) < 4.78 is 13.2. The van der Waals surface area contributed by atoms with E-state index >= 15 is 0 Å². The largest absolute Gasteiger partial charge is 0.396 e. The van der Waals surface area contributed by atoms with Gasteiger partial charge in [0.05, 0.1) is 0 Å². The van der Waals surface area contributed by atoms with Crippen molar-refractivity contribution < 1.29 is 14.3 Å².